The molecule has 1 rings (SSSR count). The maximum absolute atomic E-state index is 11.7. The standard InChI is InChI=1S/C11H14Cl2N2O2.ClH/c1-5(2)9(14)11(17)15-6-3-7(12)10(16)8(13)4-6;/h3-5,9,16H,14H2,1-2H3,(H,15,17);1H. The number of carbonyl (C=O) groups excluding carboxylic acids is 1. The highest BCUT2D eigenvalue weighted by atomic mass is 35.5. The molecule has 0 saturated heterocycles. The fourth-order valence-electron chi connectivity index (χ4n) is 1.17. The first kappa shape index (κ1) is 17.3. The molecular formula is C11H15Cl3N2O2. The molecule has 1 unspecified atom stereocenters. The number of amides is 1. The number of hydrogen-bond acceptors (Lipinski definition) is 3. The van der Waals surface area contributed by atoms with E-state index in [1.165, 1.54) is 12.1 Å². The Kier molecular flexibility index (Phi) is 6.78. The van der Waals surface area contributed by atoms with Crippen LogP contribution in [0.3, 0.4) is 0 Å². The molecule has 0 aliphatic carbocycles. The fraction of sp³-hybridized carbons (Fsp3) is 0.364. The molecule has 4 nitrogen and oxygen atoms in total. The van der Waals surface area contributed by atoms with Crippen LogP contribution in [0.5, 0.6) is 5.75 Å². The smallest absolute Gasteiger partial charge is 0.241 e. The molecule has 1 amide bonds. The van der Waals surface area contributed by atoms with Crippen molar-refractivity contribution in [2.45, 2.75) is 19.9 Å². The van der Waals surface area contributed by atoms with Gasteiger partial charge in [-0.2, -0.15) is 0 Å². The summed E-state index contributed by atoms with van der Waals surface area (Å²) in [6.07, 6.45) is 0. The van der Waals surface area contributed by atoms with Gasteiger partial charge < -0.3 is 16.2 Å². The van der Waals surface area contributed by atoms with Gasteiger partial charge in [0.05, 0.1) is 16.1 Å². The monoisotopic (exact) mass is 312 g/mol. The van der Waals surface area contributed by atoms with Crippen LogP contribution in [0.4, 0.5) is 5.69 Å². The Balaban J connectivity index is 0.00000289. The van der Waals surface area contributed by atoms with Gasteiger partial charge in [-0.3, -0.25) is 4.79 Å². The molecule has 0 fully saturated rings. The van der Waals surface area contributed by atoms with Crippen molar-refractivity contribution in [1.29, 1.82) is 0 Å². The van der Waals surface area contributed by atoms with Gasteiger partial charge in [-0.25, -0.2) is 0 Å². The second-order valence-corrected chi connectivity index (χ2v) is 4.86. The summed E-state index contributed by atoms with van der Waals surface area (Å²) in [7, 11) is 0. The van der Waals surface area contributed by atoms with E-state index in [0.717, 1.165) is 0 Å². The number of phenols is 1. The molecule has 0 aliphatic heterocycles. The number of aromatic hydroxyl groups is 1. The Hall–Kier alpha value is -0.680. The van der Waals surface area contributed by atoms with Crippen molar-refractivity contribution in [3.8, 4) is 5.75 Å². The van der Waals surface area contributed by atoms with E-state index in [1.54, 1.807) is 0 Å². The van der Waals surface area contributed by atoms with Crippen LogP contribution >= 0.6 is 35.6 Å². The SMILES string of the molecule is CC(C)C(N)C(=O)Nc1cc(Cl)c(O)c(Cl)c1.Cl. The molecule has 102 valence electrons. The number of rotatable bonds is 3. The van der Waals surface area contributed by atoms with Crippen LogP contribution in [0.2, 0.25) is 10.0 Å². The largest absolute Gasteiger partial charge is 0.505 e. The average Bonchev–Trinajstić information content (AvgIpc) is 2.24. The van der Waals surface area contributed by atoms with E-state index in [-0.39, 0.29) is 40.0 Å². The second-order valence-electron chi connectivity index (χ2n) is 4.05. The lowest BCUT2D eigenvalue weighted by Crippen LogP contribution is -2.39. The predicted octanol–water partition coefficient (Wildman–Crippen LogP) is 3.04. The van der Waals surface area contributed by atoms with Crippen LogP contribution in [0, 0.1) is 5.92 Å². The fourth-order valence-corrected chi connectivity index (χ4v) is 1.65. The summed E-state index contributed by atoms with van der Waals surface area (Å²) in [6, 6.07) is 2.21. The van der Waals surface area contributed by atoms with Crippen molar-refractivity contribution in [2.75, 3.05) is 5.32 Å². The Morgan fingerprint density at radius 3 is 2.17 bits per heavy atom. The van der Waals surface area contributed by atoms with Gasteiger partial charge in [0.15, 0.2) is 5.75 Å². The normalized spacial score (nSPS) is 11.9. The van der Waals surface area contributed by atoms with Gasteiger partial charge in [0, 0.05) is 5.69 Å². The summed E-state index contributed by atoms with van der Waals surface area (Å²) < 4.78 is 0. The summed E-state index contributed by atoms with van der Waals surface area (Å²) >= 11 is 11.5. The van der Waals surface area contributed by atoms with E-state index in [1.807, 2.05) is 13.8 Å². The van der Waals surface area contributed by atoms with Crippen LogP contribution in [0.15, 0.2) is 12.1 Å². The maximum atomic E-state index is 11.7. The lowest BCUT2D eigenvalue weighted by Gasteiger charge is -2.15. The first-order valence-electron chi connectivity index (χ1n) is 5.07. The average molecular weight is 314 g/mol. The van der Waals surface area contributed by atoms with Gasteiger partial charge in [-0.1, -0.05) is 37.0 Å². The lowest BCUT2D eigenvalue weighted by molar-refractivity contribution is -0.118. The van der Waals surface area contributed by atoms with E-state index >= 15 is 0 Å². The summed E-state index contributed by atoms with van der Waals surface area (Å²) in [5, 5.41) is 12.1. The maximum Gasteiger partial charge on any atom is 0.241 e. The summed E-state index contributed by atoms with van der Waals surface area (Å²) in [6.45, 7) is 3.70. The van der Waals surface area contributed by atoms with Crippen molar-refractivity contribution in [3.63, 3.8) is 0 Å². The summed E-state index contributed by atoms with van der Waals surface area (Å²) in [5.74, 6) is -0.504. The third-order valence-electron chi connectivity index (χ3n) is 2.31. The second kappa shape index (κ2) is 7.04. The van der Waals surface area contributed by atoms with Crippen molar-refractivity contribution < 1.29 is 9.90 Å². The van der Waals surface area contributed by atoms with Gasteiger partial charge in [0.2, 0.25) is 5.91 Å². The molecule has 4 N–H and O–H groups in total. The van der Waals surface area contributed by atoms with E-state index in [0.29, 0.717) is 5.69 Å². The van der Waals surface area contributed by atoms with Crippen LogP contribution in [0.25, 0.3) is 0 Å². The number of carbonyl (C=O) groups is 1. The van der Waals surface area contributed by atoms with Crippen LogP contribution in [0.1, 0.15) is 13.8 Å². The third kappa shape index (κ3) is 4.21. The molecule has 0 aromatic heterocycles. The summed E-state index contributed by atoms with van der Waals surface area (Å²) in [4.78, 5) is 11.7. The minimum absolute atomic E-state index is 0. The molecule has 18 heavy (non-hydrogen) atoms. The first-order valence-corrected chi connectivity index (χ1v) is 5.83. The molecule has 1 aromatic rings. The van der Waals surface area contributed by atoms with Gasteiger partial charge in [0.25, 0.3) is 0 Å². The van der Waals surface area contributed by atoms with Crippen molar-refractivity contribution in [3.05, 3.63) is 22.2 Å². The zero-order chi connectivity index (χ0) is 13.2. The van der Waals surface area contributed by atoms with E-state index in [4.69, 9.17) is 28.9 Å². The number of halogens is 3. The lowest BCUT2D eigenvalue weighted by atomic mass is 10.0. The molecule has 0 bridgehead atoms. The van der Waals surface area contributed by atoms with Crippen LogP contribution in [-0.4, -0.2) is 17.1 Å². The zero-order valence-corrected chi connectivity index (χ0v) is 12.2. The molecule has 1 atom stereocenters. The highest BCUT2D eigenvalue weighted by Crippen LogP contribution is 2.34. The molecule has 0 aliphatic rings. The quantitative estimate of drug-likeness (QED) is 0.751. The first-order chi connectivity index (χ1) is 7.82. The summed E-state index contributed by atoms with van der Waals surface area (Å²) in [5.41, 5.74) is 6.09. The molecule has 1 aromatic carbocycles. The Labute approximate surface area is 122 Å². The van der Waals surface area contributed by atoms with Gasteiger partial charge >= 0.3 is 0 Å². The van der Waals surface area contributed by atoms with E-state index < -0.39 is 6.04 Å². The molecule has 7 heteroatoms. The Morgan fingerprint density at radius 1 is 1.33 bits per heavy atom. The number of nitrogens with two attached hydrogens (primary N) is 1. The minimum Gasteiger partial charge on any atom is -0.505 e. The van der Waals surface area contributed by atoms with E-state index in [2.05, 4.69) is 5.32 Å². The van der Waals surface area contributed by atoms with Crippen LogP contribution < -0.4 is 11.1 Å². The Bertz CT molecular complexity index is 415. The number of hydrogen-bond donors (Lipinski definition) is 3. The molecule has 0 radical (unpaired) electrons. The van der Waals surface area contributed by atoms with Crippen LogP contribution in [-0.2, 0) is 4.79 Å². The highest BCUT2D eigenvalue weighted by Gasteiger charge is 2.18. The van der Waals surface area contributed by atoms with Gasteiger partial charge in [-0.15, -0.1) is 12.4 Å². The number of nitrogens with one attached hydrogen (secondary N) is 1. The predicted molar refractivity (Wildman–Crippen MR) is 76.8 cm³/mol. The number of benzene rings is 1. The molecule has 0 saturated carbocycles. The van der Waals surface area contributed by atoms with Gasteiger partial charge in [0.1, 0.15) is 0 Å². The van der Waals surface area contributed by atoms with Crippen molar-refractivity contribution >= 4 is 47.2 Å². The zero-order valence-electron chi connectivity index (χ0n) is 9.91. The van der Waals surface area contributed by atoms with Gasteiger partial charge in [-0.05, 0) is 18.1 Å². The topological polar surface area (TPSA) is 75.4 Å². The van der Waals surface area contributed by atoms with Crippen molar-refractivity contribution in [1.82, 2.24) is 0 Å². The van der Waals surface area contributed by atoms with Crippen molar-refractivity contribution in [2.24, 2.45) is 11.7 Å². The van der Waals surface area contributed by atoms with E-state index in [9.17, 15) is 9.90 Å². The number of anilines is 1. The Morgan fingerprint density at radius 2 is 1.78 bits per heavy atom. The molecule has 0 heterocycles. The minimum atomic E-state index is -0.610. The molecular weight excluding hydrogens is 298 g/mol. The third-order valence-corrected chi connectivity index (χ3v) is 2.88. The number of phenolic OH excluding ortho intramolecular Hbond substituents is 1. The highest BCUT2D eigenvalue weighted by molar-refractivity contribution is 6.37. The molecule has 0 spiro atoms.